The second kappa shape index (κ2) is 4.97. The van der Waals surface area contributed by atoms with Crippen molar-refractivity contribution in [3.8, 4) is 0 Å². The molecule has 1 aliphatic heterocycles. The molecule has 1 aromatic carbocycles. The number of carbonyl (C=O) groups excluding carboxylic acids is 3. The zero-order valence-electron chi connectivity index (χ0n) is 10.4. The van der Waals surface area contributed by atoms with E-state index in [1.807, 2.05) is 0 Å². The van der Waals surface area contributed by atoms with Gasteiger partial charge in [0.2, 0.25) is 5.91 Å². The Balaban J connectivity index is 2.06. The third kappa shape index (κ3) is 2.65. The fourth-order valence-electron chi connectivity index (χ4n) is 1.80. The van der Waals surface area contributed by atoms with E-state index in [2.05, 4.69) is 10.6 Å². The first-order chi connectivity index (χ1) is 8.99. The summed E-state index contributed by atoms with van der Waals surface area (Å²) < 4.78 is 0. The summed E-state index contributed by atoms with van der Waals surface area (Å²) in [5.41, 5.74) is 7.50. The number of para-hydroxylation sites is 1. The normalized spacial score (nSPS) is 14.5. The number of hydrogen-bond donors (Lipinski definition) is 3. The van der Waals surface area contributed by atoms with Crippen LogP contribution >= 0.6 is 0 Å². The van der Waals surface area contributed by atoms with Crippen LogP contribution in [0.1, 0.15) is 5.56 Å². The van der Waals surface area contributed by atoms with E-state index in [4.69, 9.17) is 5.73 Å². The highest BCUT2D eigenvalue weighted by atomic mass is 16.2. The zero-order valence-corrected chi connectivity index (χ0v) is 10.4. The molecule has 0 aliphatic carbocycles. The van der Waals surface area contributed by atoms with Crippen molar-refractivity contribution < 1.29 is 14.4 Å². The highest BCUT2D eigenvalue weighted by Gasteiger charge is 2.30. The lowest BCUT2D eigenvalue weighted by Gasteiger charge is -2.14. The topological polar surface area (TPSA) is 105 Å². The van der Waals surface area contributed by atoms with E-state index in [-0.39, 0.29) is 13.1 Å². The Bertz CT molecular complexity index is 520. The Morgan fingerprint density at radius 3 is 2.79 bits per heavy atom. The van der Waals surface area contributed by atoms with Gasteiger partial charge in [-0.1, -0.05) is 12.1 Å². The van der Waals surface area contributed by atoms with Gasteiger partial charge in [-0.3, -0.25) is 14.5 Å². The average Bonchev–Trinajstić information content (AvgIpc) is 2.66. The first kappa shape index (κ1) is 12.9. The Hall–Kier alpha value is -2.57. The standard InChI is InChI=1S/C12H14N4O3/c1-7-3-2-4-8(13)11(7)15-9(17)6-16-10(18)5-14-12(16)19/h2-4H,5-6,13H2,1H3,(H,14,19)(H,15,17). The lowest BCUT2D eigenvalue weighted by atomic mass is 10.1. The lowest BCUT2D eigenvalue weighted by Crippen LogP contribution is -2.38. The van der Waals surface area contributed by atoms with Crippen LogP contribution in [0.5, 0.6) is 0 Å². The molecule has 19 heavy (non-hydrogen) atoms. The van der Waals surface area contributed by atoms with Crippen LogP contribution in [0.25, 0.3) is 0 Å². The van der Waals surface area contributed by atoms with Crippen molar-refractivity contribution >= 4 is 29.2 Å². The van der Waals surface area contributed by atoms with E-state index in [9.17, 15) is 14.4 Å². The van der Waals surface area contributed by atoms with Gasteiger partial charge in [0.15, 0.2) is 0 Å². The van der Waals surface area contributed by atoms with Crippen molar-refractivity contribution in [2.24, 2.45) is 0 Å². The number of anilines is 2. The summed E-state index contributed by atoms with van der Waals surface area (Å²) in [7, 11) is 0. The Morgan fingerprint density at radius 2 is 2.21 bits per heavy atom. The van der Waals surface area contributed by atoms with Crippen molar-refractivity contribution in [2.45, 2.75) is 6.92 Å². The maximum atomic E-state index is 11.8. The zero-order chi connectivity index (χ0) is 14.0. The summed E-state index contributed by atoms with van der Waals surface area (Å²) in [6, 6.07) is 4.69. The van der Waals surface area contributed by atoms with Crippen molar-refractivity contribution in [2.75, 3.05) is 24.1 Å². The summed E-state index contributed by atoms with van der Waals surface area (Å²) in [6.07, 6.45) is 0. The molecule has 1 saturated heterocycles. The summed E-state index contributed by atoms with van der Waals surface area (Å²) in [5, 5.41) is 4.95. The molecule has 1 aromatic rings. The minimum absolute atomic E-state index is 0.0708. The van der Waals surface area contributed by atoms with Crippen molar-refractivity contribution in [3.63, 3.8) is 0 Å². The molecule has 0 saturated carbocycles. The van der Waals surface area contributed by atoms with Gasteiger partial charge in [-0.15, -0.1) is 0 Å². The van der Waals surface area contributed by atoms with Crippen LogP contribution < -0.4 is 16.4 Å². The quantitative estimate of drug-likeness (QED) is 0.529. The predicted molar refractivity (Wildman–Crippen MR) is 69.3 cm³/mol. The molecule has 4 amide bonds. The van der Waals surface area contributed by atoms with Crippen LogP contribution in [0.15, 0.2) is 18.2 Å². The van der Waals surface area contributed by atoms with Crippen LogP contribution in [-0.4, -0.2) is 35.8 Å². The van der Waals surface area contributed by atoms with Gasteiger partial charge in [0.05, 0.1) is 17.9 Å². The van der Waals surface area contributed by atoms with Gasteiger partial charge >= 0.3 is 6.03 Å². The predicted octanol–water partition coefficient (Wildman–Crippen LogP) is 0.0675. The largest absolute Gasteiger partial charge is 0.397 e. The van der Waals surface area contributed by atoms with Gasteiger partial charge < -0.3 is 16.4 Å². The second-order valence-corrected chi connectivity index (χ2v) is 4.23. The molecule has 4 N–H and O–H groups in total. The van der Waals surface area contributed by atoms with Crippen molar-refractivity contribution in [1.82, 2.24) is 10.2 Å². The van der Waals surface area contributed by atoms with Crippen LogP contribution in [-0.2, 0) is 9.59 Å². The van der Waals surface area contributed by atoms with Gasteiger partial charge in [0.25, 0.3) is 5.91 Å². The molecule has 7 nitrogen and oxygen atoms in total. The number of imide groups is 1. The number of benzene rings is 1. The number of aryl methyl sites for hydroxylation is 1. The maximum Gasteiger partial charge on any atom is 0.325 e. The number of rotatable bonds is 3. The Morgan fingerprint density at radius 1 is 1.47 bits per heavy atom. The third-order valence-corrected chi connectivity index (χ3v) is 2.81. The Labute approximate surface area is 109 Å². The monoisotopic (exact) mass is 262 g/mol. The molecule has 0 spiro atoms. The minimum atomic E-state index is -0.557. The molecule has 0 atom stereocenters. The van der Waals surface area contributed by atoms with E-state index in [1.165, 1.54) is 0 Å². The second-order valence-electron chi connectivity index (χ2n) is 4.23. The van der Waals surface area contributed by atoms with Crippen molar-refractivity contribution in [1.29, 1.82) is 0 Å². The third-order valence-electron chi connectivity index (χ3n) is 2.81. The smallest absolute Gasteiger partial charge is 0.325 e. The molecule has 2 rings (SSSR count). The number of nitrogens with two attached hydrogens (primary N) is 1. The molecule has 1 fully saturated rings. The van der Waals surface area contributed by atoms with Crippen LogP contribution in [0.4, 0.5) is 16.2 Å². The number of urea groups is 1. The number of carbonyl (C=O) groups is 3. The maximum absolute atomic E-state index is 11.8. The van der Waals surface area contributed by atoms with E-state index in [1.54, 1.807) is 25.1 Å². The van der Waals surface area contributed by atoms with E-state index in [0.29, 0.717) is 11.4 Å². The first-order valence-corrected chi connectivity index (χ1v) is 5.72. The van der Waals surface area contributed by atoms with E-state index >= 15 is 0 Å². The number of nitrogens with one attached hydrogen (secondary N) is 2. The van der Waals surface area contributed by atoms with Gasteiger partial charge in [0.1, 0.15) is 6.54 Å². The molecular formula is C12H14N4O3. The summed E-state index contributed by atoms with van der Waals surface area (Å²) in [6.45, 7) is 1.41. The van der Waals surface area contributed by atoms with Gasteiger partial charge in [0, 0.05) is 0 Å². The minimum Gasteiger partial charge on any atom is -0.397 e. The van der Waals surface area contributed by atoms with E-state index < -0.39 is 17.8 Å². The fraction of sp³-hybridized carbons (Fsp3) is 0.250. The average molecular weight is 262 g/mol. The summed E-state index contributed by atoms with van der Waals surface area (Å²) >= 11 is 0. The highest BCUT2D eigenvalue weighted by Crippen LogP contribution is 2.22. The highest BCUT2D eigenvalue weighted by molar-refractivity contribution is 6.06. The summed E-state index contributed by atoms with van der Waals surface area (Å²) in [5.74, 6) is -0.885. The number of nitrogen functional groups attached to an aromatic ring is 1. The number of amides is 4. The Kier molecular flexibility index (Phi) is 3.37. The first-order valence-electron chi connectivity index (χ1n) is 5.72. The molecule has 0 aromatic heterocycles. The van der Waals surface area contributed by atoms with E-state index in [0.717, 1.165) is 10.5 Å². The lowest BCUT2D eigenvalue weighted by molar-refractivity contribution is -0.128. The van der Waals surface area contributed by atoms with Crippen LogP contribution in [0.2, 0.25) is 0 Å². The van der Waals surface area contributed by atoms with Crippen LogP contribution in [0, 0.1) is 6.92 Å². The van der Waals surface area contributed by atoms with Crippen LogP contribution in [0.3, 0.4) is 0 Å². The number of nitrogens with zero attached hydrogens (tertiary/aromatic N) is 1. The SMILES string of the molecule is Cc1cccc(N)c1NC(=O)CN1C(=O)CNC1=O. The van der Waals surface area contributed by atoms with Gasteiger partial charge in [-0.25, -0.2) is 4.79 Å². The molecule has 100 valence electrons. The molecular weight excluding hydrogens is 248 g/mol. The van der Waals surface area contributed by atoms with Crippen molar-refractivity contribution in [3.05, 3.63) is 23.8 Å². The number of hydrogen-bond acceptors (Lipinski definition) is 4. The fourth-order valence-corrected chi connectivity index (χ4v) is 1.80. The van der Waals surface area contributed by atoms with Gasteiger partial charge in [-0.2, -0.15) is 0 Å². The molecule has 1 aliphatic rings. The van der Waals surface area contributed by atoms with Gasteiger partial charge in [-0.05, 0) is 18.6 Å². The summed E-state index contributed by atoms with van der Waals surface area (Å²) in [4.78, 5) is 35.3. The molecule has 7 heteroatoms. The molecule has 0 radical (unpaired) electrons. The molecule has 0 bridgehead atoms. The molecule has 0 unspecified atom stereocenters. The molecule has 1 heterocycles.